The third kappa shape index (κ3) is 2.28. The van der Waals surface area contributed by atoms with Crippen LogP contribution in [0.25, 0.3) is 0 Å². The monoisotopic (exact) mass is 220 g/mol. The maximum absolute atomic E-state index is 11.1. The molecule has 0 spiro atoms. The lowest BCUT2D eigenvalue weighted by Crippen LogP contribution is -2.13. The van der Waals surface area contributed by atoms with E-state index in [0.717, 1.165) is 5.69 Å². The van der Waals surface area contributed by atoms with Crippen LogP contribution in [-0.2, 0) is 11.2 Å². The van der Waals surface area contributed by atoms with Gasteiger partial charge in [0.2, 0.25) is 0 Å². The van der Waals surface area contributed by atoms with Crippen LogP contribution in [0.1, 0.15) is 23.7 Å². The molecule has 0 aliphatic rings. The second-order valence-electron chi connectivity index (χ2n) is 3.51. The number of aromatic nitrogens is 4. The third-order valence-corrected chi connectivity index (χ3v) is 2.45. The summed E-state index contributed by atoms with van der Waals surface area (Å²) >= 11 is 0. The number of carboxylic acids is 1. The molecule has 2 aromatic heterocycles. The molecule has 0 saturated heterocycles. The fourth-order valence-corrected chi connectivity index (χ4v) is 1.59. The summed E-state index contributed by atoms with van der Waals surface area (Å²) in [4.78, 5) is 24.6. The molecule has 2 aromatic rings. The van der Waals surface area contributed by atoms with Crippen LogP contribution >= 0.6 is 0 Å². The lowest BCUT2D eigenvalue weighted by molar-refractivity contribution is -0.139. The van der Waals surface area contributed by atoms with E-state index in [4.69, 9.17) is 5.11 Å². The Balaban J connectivity index is 2.02. The molecule has 0 aromatic carbocycles. The van der Waals surface area contributed by atoms with Gasteiger partial charge in [-0.3, -0.25) is 4.79 Å². The molecule has 1 unspecified atom stereocenters. The zero-order chi connectivity index (χ0) is 11.4. The first-order chi connectivity index (χ1) is 7.77. The fourth-order valence-electron chi connectivity index (χ4n) is 1.59. The molecule has 6 heteroatoms. The Morgan fingerprint density at radius 1 is 1.31 bits per heavy atom. The van der Waals surface area contributed by atoms with Crippen LogP contribution in [0.15, 0.2) is 25.0 Å². The molecule has 0 aliphatic carbocycles. The minimum absolute atomic E-state index is 0.514. The van der Waals surface area contributed by atoms with E-state index in [9.17, 15) is 4.79 Å². The number of nitrogens with zero attached hydrogens (tertiary/aromatic N) is 2. The fraction of sp³-hybridized carbons (Fsp3) is 0.300. The standard InChI is InChI=1S/C10H12N4O2/c15-10(16)8(9-4-12-6-14-9)2-1-7-3-11-5-13-7/h3-6,8H,1-2H2,(H,11,13)(H,12,14)(H,15,16). The summed E-state index contributed by atoms with van der Waals surface area (Å²) < 4.78 is 0. The maximum Gasteiger partial charge on any atom is 0.312 e. The van der Waals surface area contributed by atoms with E-state index >= 15 is 0 Å². The summed E-state index contributed by atoms with van der Waals surface area (Å²) in [5.74, 6) is -1.39. The van der Waals surface area contributed by atoms with Crippen molar-refractivity contribution in [1.82, 2.24) is 19.9 Å². The van der Waals surface area contributed by atoms with E-state index < -0.39 is 11.9 Å². The third-order valence-electron chi connectivity index (χ3n) is 2.45. The van der Waals surface area contributed by atoms with E-state index in [-0.39, 0.29) is 0 Å². The highest BCUT2D eigenvalue weighted by Gasteiger charge is 2.20. The van der Waals surface area contributed by atoms with Gasteiger partial charge in [-0.25, -0.2) is 9.97 Å². The number of aromatic amines is 2. The van der Waals surface area contributed by atoms with Gasteiger partial charge in [0.05, 0.1) is 18.6 Å². The van der Waals surface area contributed by atoms with E-state index in [0.29, 0.717) is 18.5 Å². The van der Waals surface area contributed by atoms with Crippen molar-refractivity contribution in [2.24, 2.45) is 0 Å². The Labute approximate surface area is 91.8 Å². The van der Waals surface area contributed by atoms with Crippen molar-refractivity contribution in [3.05, 3.63) is 36.4 Å². The summed E-state index contributed by atoms with van der Waals surface area (Å²) in [6.07, 6.45) is 7.48. The SMILES string of the molecule is O=C(O)C(CCc1cnc[nH]1)c1cnc[nH]1. The van der Waals surface area contributed by atoms with Gasteiger partial charge in [0, 0.05) is 23.8 Å². The van der Waals surface area contributed by atoms with Crippen molar-refractivity contribution in [1.29, 1.82) is 0 Å². The minimum Gasteiger partial charge on any atom is -0.481 e. The van der Waals surface area contributed by atoms with Gasteiger partial charge >= 0.3 is 5.97 Å². The van der Waals surface area contributed by atoms with Gasteiger partial charge < -0.3 is 15.1 Å². The van der Waals surface area contributed by atoms with Crippen molar-refractivity contribution >= 4 is 5.97 Å². The van der Waals surface area contributed by atoms with Crippen molar-refractivity contribution in [3.63, 3.8) is 0 Å². The molecular formula is C10H12N4O2. The highest BCUT2D eigenvalue weighted by Crippen LogP contribution is 2.19. The number of carbonyl (C=O) groups is 1. The van der Waals surface area contributed by atoms with Crippen LogP contribution in [-0.4, -0.2) is 31.0 Å². The van der Waals surface area contributed by atoms with Crippen LogP contribution in [0, 0.1) is 0 Å². The summed E-state index contributed by atoms with van der Waals surface area (Å²) in [5, 5.41) is 9.10. The zero-order valence-corrected chi connectivity index (χ0v) is 8.55. The quantitative estimate of drug-likeness (QED) is 0.698. The number of aryl methyl sites for hydroxylation is 1. The molecule has 6 nitrogen and oxygen atoms in total. The largest absolute Gasteiger partial charge is 0.481 e. The van der Waals surface area contributed by atoms with E-state index in [1.165, 1.54) is 6.33 Å². The number of nitrogens with one attached hydrogen (secondary N) is 2. The van der Waals surface area contributed by atoms with Gasteiger partial charge in [-0.1, -0.05) is 0 Å². The van der Waals surface area contributed by atoms with Crippen LogP contribution in [0.4, 0.5) is 0 Å². The molecule has 2 heterocycles. The Morgan fingerprint density at radius 2 is 2.06 bits per heavy atom. The molecule has 0 amide bonds. The average molecular weight is 220 g/mol. The first kappa shape index (κ1) is 10.4. The van der Waals surface area contributed by atoms with Crippen LogP contribution in [0.3, 0.4) is 0 Å². The second kappa shape index (κ2) is 4.61. The molecule has 84 valence electrons. The van der Waals surface area contributed by atoms with Gasteiger partial charge in [0.25, 0.3) is 0 Å². The summed E-state index contributed by atoms with van der Waals surface area (Å²) in [6.45, 7) is 0. The number of imidazole rings is 2. The van der Waals surface area contributed by atoms with Gasteiger partial charge in [0.15, 0.2) is 0 Å². The number of hydrogen-bond donors (Lipinski definition) is 3. The smallest absolute Gasteiger partial charge is 0.312 e. The second-order valence-corrected chi connectivity index (χ2v) is 3.51. The number of H-pyrrole nitrogens is 2. The topological polar surface area (TPSA) is 94.7 Å². The Bertz CT molecular complexity index is 435. The summed E-state index contributed by atoms with van der Waals surface area (Å²) in [7, 11) is 0. The predicted octanol–water partition coefficient (Wildman–Crippen LogP) is 0.934. The molecule has 1 atom stereocenters. The highest BCUT2D eigenvalue weighted by atomic mass is 16.4. The first-order valence-corrected chi connectivity index (χ1v) is 4.95. The van der Waals surface area contributed by atoms with Gasteiger partial charge in [-0.05, 0) is 12.8 Å². The van der Waals surface area contributed by atoms with Crippen molar-refractivity contribution in [3.8, 4) is 0 Å². The van der Waals surface area contributed by atoms with Gasteiger partial charge in [-0.2, -0.15) is 0 Å². The minimum atomic E-state index is -0.844. The Morgan fingerprint density at radius 3 is 2.62 bits per heavy atom. The van der Waals surface area contributed by atoms with Crippen molar-refractivity contribution in [2.45, 2.75) is 18.8 Å². The lowest BCUT2D eigenvalue weighted by Gasteiger charge is -2.08. The van der Waals surface area contributed by atoms with Crippen molar-refractivity contribution in [2.75, 3.05) is 0 Å². The first-order valence-electron chi connectivity index (χ1n) is 4.95. The lowest BCUT2D eigenvalue weighted by atomic mass is 9.99. The van der Waals surface area contributed by atoms with Crippen LogP contribution < -0.4 is 0 Å². The summed E-state index contributed by atoms with van der Waals surface area (Å²) in [5.41, 5.74) is 1.57. The number of aliphatic carboxylic acids is 1. The Hall–Kier alpha value is -2.11. The van der Waals surface area contributed by atoms with Gasteiger partial charge in [-0.15, -0.1) is 0 Å². The van der Waals surface area contributed by atoms with E-state index in [2.05, 4.69) is 19.9 Å². The summed E-state index contributed by atoms with van der Waals surface area (Å²) in [6, 6.07) is 0. The molecule has 0 bridgehead atoms. The molecule has 3 N–H and O–H groups in total. The van der Waals surface area contributed by atoms with Crippen molar-refractivity contribution < 1.29 is 9.90 Å². The Kier molecular flexibility index (Phi) is 3.00. The van der Waals surface area contributed by atoms with Crippen LogP contribution in [0.5, 0.6) is 0 Å². The number of hydrogen-bond acceptors (Lipinski definition) is 3. The van der Waals surface area contributed by atoms with Crippen LogP contribution in [0.2, 0.25) is 0 Å². The highest BCUT2D eigenvalue weighted by molar-refractivity contribution is 5.75. The molecule has 16 heavy (non-hydrogen) atoms. The zero-order valence-electron chi connectivity index (χ0n) is 8.55. The molecule has 0 aliphatic heterocycles. The van der Waals surface area contributed by atoms with E-state index in [1.807, 2.05) is 0 Å². The molecule has 0 saturated carbocycles. The normalized spacial score (nSPS) is 12.5. The molecular weight excluding hydrogens is 208 g/mol. The average Bonchev–Trinajstić information content (AvgIpc) is 2.88. The molecule has 0 radical (unpaired) electrons. The maximum atomic E-state index is 11.1. The van der Waals surface area contributed by atoms with Gasteiger partial charge in [0.1, 0.15) is 0 Å². The molecule has 0 fully saturated rings. The van der Waals surface area contributed by atoms with E-state index in [1.54, 1.807) is 18.7 Å². The molecule has 2 rings (SSSR count). The number of carboxylic acid groups (broad SMARTS) is 1. The predicted molar refractivity (Wildman–Crippen MR) is 55.9 cm³/mol. The number of rotatable bonds is 5.